The Bertz CT molecular complexity index is 1100. The van der Waals surface area contributed by atoms with Gasteiger partial charge in [-0.15, -0.1) is 11.3 Å². The van der Waals surface area contributed by atoms with E-state index in [-0.39, 0.29) is 12.3 Å². The molecule has 3 aromatic rings. The van der Waals surface area contributed by atoms with Crippen LogP contribution in [0.3, 0.4) is 0 Å². The number of aromatic nitrogens is 3. The standard InChI is InChI=1S/C18H18FN7OS/c1-25-15-11(8-23-26(18(15)27)9-13(21)12(19)7-20)16-17(25)24-14(28-16)6-10-4-2-3-5-22-10/h2-5,7-8,18,21,27H,6,9,20H2,1H3/b12-7+,21-13?. The highest BCUT2D eigenvalue weighted by Gasteiger charge is 2.31. The predicted octanol–water partition coefficient (Wildman–Crippen LogP) is 2.05. The summed E-state index contributed by atoms with van der Waals surface area (Å²) in [6.07, 6.45) is 3.60. The van der Waals surface area contributed by atoms with Gasteiger partial charge >= 0.3 is 0 Å². The van der Waals surface area contributed by atoms with Crippen molar-refractivity contribution in [2.75, 3.05) is 6.54 Å². The average Bonchev–Trinajstić information content (AvgIpc) is 3.22. The molecule has 0 saturated heterocycles. The van der Waals surface area contributed by atoms with E-state index in [9.17, 15) is 9.50 Å². The fraction of sp³-hybridized carbons (Fsp3) is 0.222. The normalized spacial score (nSPS) is 16.6. The molecule has 10 heteroatoms. The summed E-state index contributed by atoms with van der Waals surface area (Å²) in [6.45, 7) is -0.201. The van der Waals surface area contributed by atoms with Crippen LogP contribution in [-0.2, 0) is 13.5 Å². The quantitative estimate of drug-likeness (QED) is 0.568. The Morgan fingerprint density at radius 3 is 3.00 bits per heavy atom. The summed E-state index contributed by atoms with van der Waals surface area (Å²) < 4.78 is 16.2. The molecule has 0 saturated carbocycles. The summed E-state index contributed by atoms with van der Waals surface area (Å²) in [5.41, 5.74) is 7.83. The zero-order valence-electron chi connectivity index (χ0n) is 15.0. The number of hydrogen-bond donors (Lipinski definition) is 3. The van der Waals surface area contributed by atoms with Crippen molar-refractivity contribution in [3.8, 4) is 0 Å². The van der Waals surface area contributed by atoms with E-state index >= 15 is 0 Å². The van der Waals surface area contributed by atoms with Gasteiger partial charge in [0.05, 0.1) is 28.9 Å². The van der Waals surface area contributed by atoms with E-state index < -0.39 is 12.1 Å². The minimum Gasteiger partial charge on any atom is -0.402 e. The van der Waals surface area contributed by atoms with Crippen molar-refractivity contribution < 1.29 is 9.50 Å². The van der Waals surface area contributed by atoms with Crippen LogP contribution in [0.25, 0.3) is 10.3 Å². The second-order valence-corrected chi connectivity index (χ2v) is 7.41. The zero-order chi connectivity index (χ0) is 19.8. The molecular weight excluding hydrogens is 381 g/mol. The molecule has 28 heavy (non-hydrogen) atoms. The third kappa shape index (κ3) is 3.06. The van der Waals surface area contributed by atoms with Gasteiger partial charge in [0.25, 0.3) is 0 Å². The van der Waals surface area contributed by atoms with Crippen LogP contribution in [-0.4, -0.2) is 43.1 Å². The van der Waals surface area contributed by atoms with Crippen molar-refractivity contribution in [1.82, 2.24) is 19.5 Å². The van der Waals surface area contributed by atoms with Gasteiger partial charge < -0.3 is 20.8 Å². The smallest absolute Gasteiger partial charge is 0.184 e. The summed E-state index contributed by atoms with van der Waals surface area (Å²) in [7, 11) is 1.82. The second kappa shape index (κ2) is 7.13. The molecule has 144 valence electrons. The molecular formula is C18H18FN7OS. The first kappa shape index (κ1) is 18.3. The maximum absolute atomic E-state index is 13.5. The fourth-order valence-electron chi connectivity index (χ4n) is 3.14. The third-order valence-electron chi connectivity index (χ3n) is 4.53. The van der Waals surface area contributed by atoms with Crippen molar-refractivity contribution >= 4 is 33.6 Å². The van der Waals surface area contributed by atoms with Crippen LogP contribution >= 0.6 is 11.3 Å². The summed E-state index contributed by atoms with van der Waals surface area (Å²) in [6, 6.07) is 5.76. The maximum atomic E-state index is 13.5. The highest BCUT2D eigenvalue weighted by molar-refractivity contribution is 7.19. The van der Waals surface area contributed by atoms with Gasteiger partial charge in [0.2, 0.25) is 0 Å². The van der Waals surface area contributed by atoms with Crippen LogP contribution in [0.1, 0.15) is 28.2 Å². The van der Waals surface area contributed by atoms with Gasteiger partial charge in [0.15, 0.2) is 17.7 Å². The molecule has 0 radical (unpaired) electrons. The van der Waals surface area contributed by atoms with Crippen LogP contribution < -0.4 is 5.73 Å². The number of aliphatic hydroxyl groups excluding tert-OH is 1. The van der Waals surface area contributed by atoms with Gasteiger partial charge in [-0.3, -0.25) is 9.99 Å². The monoisotopic (exact) mass is 399 g/mol. The molecule has 0 amide bonds. The largest absolute Gasteiger partial charge is 0.402 e. The van der Waals surface area contributed by atoms with Crippen molar-refractivity contribution in [2.24, 2.45) is 17.9 Å². The lowest BCUT2D eigenvalue weighted by molar-refractivity contribution is 0.00668. The van der Waals surface area contributed by atoms with Gasteiger partial charge in [0.1, 0.15) is 5.01 Å². The highest BCUT2D eigenvalue weighted by Crippen LogP contribution is 2.36. The van der Waals surface area contributed by atoms with E-state index in [0.717, 1.165) is 32.8 Å². The average molecular weight is 399 g/mol. The van der Waals surface area contributed by atoms with Gasteiger partial charge in [-0.25, -0.2) is 9.37 Å². The van der Waals surface area contributed by atoms with Crippen molar-refractivity contribution in [2.45, 2.75) is 12.6 Å². The molecule has 0 aromatic carbocycles. The number of pyridine rings is 1. The Balaban J connectivity index is 1.65. The first-order valence-electron chi connectivity index (χ1n) is 8.51. The van der Waals surface area contributed by atoms with Gasteiger partial charge in [0, 0.05) is 37.1 Å². The molecule has 1 unspecified atom stereocenters. The molecule has 8 nitrogen and oxygen atoms in total. The van der Waals surface area contributed by atoms with Gasteiger partial charge in [-0.1, -0.05) is 6.07 Å². The number of aryl methyl sites for hydroxylation is 1. The summed E-state index contributed by atoms with van der Waals surface area (Å²) in [4.78, 5) is 9.03. The Kier molecular flexibility index (Phi) is 4.65. The first-order chi connectivity index (χ1) is 13.5. The topological polar surface area (TPSA) is 116 Å². The number of nitrogens with one attached hydrogen (secondary N) is 1. The molecule has 0 bridgehead atoms. The number of nitrogens with zero attached hydrogens (tertiary/aromatic N) is 5. The maximum Gasteiger partial charge on any atom is 0.184 e. The molecule has 0 spiro atoms. The van der Waals surface area contributed by atoms with Crippen LogP contribution in [0.4, 0.5) is 4.39 Å². The van der Waals surface area contributed by atoms with Crippen LogP contribution in [0.15, 0.2) is 41.5 Å². The number of halogens is 1. The lowest BCUT2D eigenvalue weighted by Gasteiger charge is -2.28. The van der Waals surface area contributed by atoms with E-state index in [1.165, 1.54) is 16.3 Å². The van der Waals surface area contributed by atoms with E-state index in [1.54, 1.807) is 12.4 Å². The number of fused-ring (bicyclic) bond motifs is 3. The lowest BCUT2D eigenvalue weighted by atomic mass is 10.2. The number of aliphatic hydroxyl groups is 1. The highest BCUT2D eigenvalue weighted by atomic mass is 32.1. The van der Waals surface area contributed by atoms with Crippen molar-refractivity contribution in [3.05, 3.63) is 58.4 Å². The van der Waals surface area contributed by atoms with Gasteiger partial charge in [-0.2, -0.15) is 5.10 Å². The van der Waals surface area contributed by atoms with Crippen LogP contribution in [0, 0.1) is 5.41 Å². The summed E-state index contributed by atoms with van der Waals surface area (Å²) in [5.74, 6) is -0.845. The van der Waals surface area contributed by atoms with Crippen LogP contribution in [0.2, 0.25) is 0 Å². The molecule has 3 aromatic heterocycles. The van der Waals surface area contributed by atoms with E-state index in [4.69, 9.17) is 16.1 Å². The molecule has 4 N–H and O–H groups in total. The van der Waals surface area contributed by atoms with Crippen molar-refractivity contribution in [3.63, 3.8) is 0 Å². The van der Waals surface area contributed by atoms with Gasteiger partial charge in [-0.05, 0) is 12.1 Å². The molecule has 0 aliphatic carbocycles. The predicted molar refractivity (Wildman–Crippen MR) is 106 cm³/mol. The van der Waals surface area contributed by atoms with E-state index in [1.807, 2.05) is 29.8 Å². The molecule has 1 aliphatic heterocycles. The second-order valence-electron chi connectivity index (χ2n) is 6.33. The lowest BCUT2D eigenvalue weighted by Crippen LogP contribution is -2.33. The number of nitrogens with two attached hydrogens (primary N) is 1. The molecule has 0 fully saturated rings. The Morgan fingerprint density at radius 2 is 2.29 bits per heavy atom. The third-order valence-corrected chi connectivity index (χ3v) is 5.61. The minimum atomic E-state index is -1.11. The minimum absolute atomic E-state index is 0.201. The fourth-order valence-corrected chi connectivity index (χ4v) is 4.27. The zero-order valence-corrected chi connectivity index (χ0v) is 15.8. The molecule has 4 rings (SSSR count). The summed E-state index contributed by atoms with van der Waals surface area (Å²) >= 11 is 1.53. The van der Waals surface area contributed by atoms with Crippen LogP contribution in [0.5, 0.6) is 0 Å². The Morgan fingerprint density at radius 1 is 1.46 bits per heavy atom. The number of hydrazone groups is 1. The molecule has 1 atom stereocenters. The number of hydrogen-bond acceptors (Lipinski definition) is 8. The van der Waals surface area contributed by atoms with Crippen molar-refractivity contribution in [1.29, 1.82) is 5.41 Å². The summed E-state index contributed by atoms with van der Waals surface area (Å²) in [5, 5.41) is 24.8. The van der Waals surface area contributed by atoms with E-state index in [0.29, 0.717) is 12.1 Å². The Labute approximate surface area is 164 Å². The number of rotatable bonds is 5. The number of thiazole rings is 1. The van der Waals surface area contributed by atoms with E-state index in [2.05, 4.69) is 10.1 Å². The first-order valence-corrected chi connectivity index (χ1v) is 9.33. The molecule has 4 heterocycles. The Hall–Kier alpha value is -3.11. The molecule has 1 aliphatic rings. The SMILES string of the molecule is Cn1c2c(c3sc(Cc4ccccn4)nc31)C=NN(CC(=N)/C(F)=C\N)C2O.